The van der Waals surface area contributed by atoms with Gasteiger partial charge in [-0.3, -0.25) is 13.9 Å². The average molecular weight is 649 g/mol. The van der Waals surface area contributed by atoms with Crippen LogP contribution < -0.4 is 14.4 Å². The summed E-state index contributed by atoms with van der Waals surface area (Å²) in [6.07, 6.45) is 1.67. The molecule has 2 amide bonds. The number of aryl methyl sites for hydroxylation is 1. The number of nitrogens with zero attached hydrogens (tertiary/aromatic N) is 2. The van der Waals surface area contributed by atoms with Crippen molar-refractivity contribution in [3.05, 3.63) is 88.1 Å². The van der Waals surface area contributed by atoms with Crippen LogP contribution in [0, 0.1) is 12.7 Å². The summed E-state index contributed by atoms with van der Waals surface area (Å²) in [5.74, 6) is -0.934. The van der Waals surface area contributed by atoms with Crippen LogP contribution in [0.15, 0.2) is 76.1 Å². The summed E-state index contributed by atoms with van der Waals surface area (Å²) in [6.45, 7) is 5.33. The highest BCUT2D eigenvalue weighted by atomic mass is 79.9. The molecule has 0 aliphatic heterocycles. The summed E-state index contributed by atoms with van der Waals surface area (Å²) in [5.41, 5.74) is 1.80. The normalized spacial score (nSPS) is 12.0. The molecule has 11 heteroatoms. The van der Waals surface area contributed by atoms with Crippen LogP contribution >= 0.6 is 15.9 Å². The second kappa shape index (κ2) is 14.5. The average Bonchev–Trinajstić information content (AvgIpc) is 2.95. The number of rotatable bonds is 13. The number of nitrogens with one attached hydrogen (secondary N) is 1. The Morgan fingerprint density at radius 1 is 1.05 bits per heavy atom. The number of sulfonamides is 1. The predicted octanol–water partition coefficient (Wildman–Crippen LogP) is 5.43. The van der Waals surface area contributed by atoms with Gasteiger partial charge in [-0.25, -0.2) is 12.8 Å². The molecule has 0 fully saturated rings. The molecule has 0 heterocycles. The van der Waals surface area contributed by atoms with Crippen LogP contribution in [0.3, 0.4) is 0 Å². The van der Waals surface area contributed by atoms with Crippen LogP contribution in [0.1, 0.15) is 37.8 Å². The summed E-state index contributed by atoms with van der Waals surface area (Å²) >= 11 is 3.34. The van der Waals surface area contributed by atoms with Gasteiger partial charge in [0.15, 0.2) is 0 Å². The lowest BCUT2D eigenvalue weighted by molar-refractivity contribution is -0.139. The Bertz CT molecular complexity index is 1450. The molecule has 1 N–H and O–H groups in total. The van der Waals surface area contributed by atoms with E-state index in [-0.39, 0.29) is 23.0 Å². The van der Waals surface area contributed by atoms with Gasteiger partial charge >= 0.3 is 0 Å². The molecular weight excluding hydrogens is 613 g/mol. The first kappa shape index (κ1) is 32.1. The molecule has 0 aliphatic carbocycles. The zero-order valence-corrected chi connectivity index (χ0v) is 26.0. The third kappa shape index (κ3) is 8.29. The molecule has 220 valence electrons. The number of unbranched alkanes of at least 4 members (excludes halogenated alkanes) is 1. The molecule has 0 saturated heterocycles. The standard InChI is InChI=1S/C30H35BrFN3O5S/c1-5-6-17-33-30(37)22(3)34(19-23-9-11-24(32)12-10-23)29(36)20-35(25-13-7-21(2)8-14-25)41(38,39)26-15-16-28(40-4)27(31)18-26/h7-16,18,22H,5-6,17,19-20H2,1-4H3,(H,33,37). The zero-order valence-electron chi connectivity index (χ0n) is 23.6. The second-order valence-corrected chi connectivity index (χ2v) is 12.3. The van der Waals surface area contributed by atoms with Crippen LogP contribution in [-0.4, -0.2) is 51.4 Å². The topological polar surface area (TPSA) is 96.0 Å². The summed E-state index contributed by atoms with van der Waals surface area (Å²) in [7, 11) is -2.76. The molecule has 0 bridgehead atoms. The fourth-order valence-electron chi connectivity index (χ4n) is 4.08. The Kier molecular flexibility index (Phi) is 11.3. The fourth-order valence-corrected chi connectivity index (χ4v) is 6.21. The molecule has 0 aliphatic rings. The number of methoxy groups -OCH3 is 1. The van der Waals surface area contributed by atoms with Crippen LogP contribution in [-0.2, 0) is 26.2 Å². The Morgan fingerprint density at radius 3 is 2.29 bits per heavy atom. The maximum Gasteiger partial charge on any atom is 0.264 e. The molecule has 8 nitrogen and oxygen atoms in total. The number of amides is 2. The minimum absolute atomic E-state index is 0.0165. The number of hydrogen-bond donors (Lipinski definition) is 1. The number of benzene rings is 3. The van der Waals surface area contributed by atoms with E-state index < -0.39 is 34.3 Å². The molecule has 3 aromatic carbocycles. The minimum Gasteiger partial charge on any atom is -0.496 e. The van der Waals surface area contributed by atoms with Gasteiger partial charge in [-0.15, -0.1) is 0 Å². The van der Waals surface area contributed by atoms with Crippen molar-refractivity contribution in [3.8, 4) is 5.75 Å². The van der Waals surface area contributed by atoms with Gasteiger partial charge in [0.2, 0.25) is 11.8 Å². The third-order valence-electron chi connectivity index (χ3n) is 6.58. The molecule has 0 aromatic heterocycles. The Labute approximate surface area is 249 Å². The van der Waals surface area contributed by atoms with Crippen molar-refractivity contribution in [3.63, 3.8) is 0 Å². The maximum atomic E-state index is 14.0. The molecule has 0 spiro atoms. The Hall–Kier alpha value is -3.44. The highest BCUT2D eigenvalue weighted by Gasteiger charge is 2.32. The monoisotopic (exact) mass is 647 g/mol. The fraction of sp³-hybridized carbons (Fsp3) is 0.333. The number of carbonyl (C=O) groups excluding carboxylic acids is 2. The quantitative estimate of drug-likeness (QED) is 0.250. The number of hydrogen-bond acceptors (Lipinski definition) is 5. The van der Waals surface area contributed by atoms with Gasteiger partial charge in [0.05, 0.1) is 22.2 Å². The van der Waals surface area contributed by atoms with Crippen molar-refractivity contribution in [2.24, 2.45) is 0 Å². The van der Waals surface area contributed by atoms with E-state index in [0.717, 1.165) is 22.7 Å². The molecule has 1 unspecified atom stereocenters. The van der Waals surface area contributed by atoms with E-state index >= 15 is 0 Å². The Morgan fingerprint density at radius 2 is 1.71 bits per heavy atom. The van der Waals surface area contributed by atoms with Crippen molar-refractivity contribution < 1.29 is 27.1 Å². The van der Waals surface area contributed by atoms with E-state index in [4.69, 9.17) is 4.74 Å². The van der Waals surface area contributed by atoms with Gasteiger partial charge < -0.3 is 15.0 Å². The number of anilines is 1. The largest absolute Gasteiger partial charge is 0.496 e. The lowest BCUT2D eigenvalue weighted by Crippen LogP contribution is -2.51. The smallest absolute Gasteiger partial charge is 0.264 e. The van der Waals surface area contributed by atoms with Crippen molar-refractivity contribution in [2.75, 3.05) is 24.5 Å². The maximum absolute atomic E-state index is 14.0. The van der Waals surface area contributed by atoms with Crippen molar-refractivity contribution in [1.29, 1.82) is 0 Å². The van der Waals surface area contributed by atoms with E-state index in [1.165, 1.54) is 54.5 Å². The van der Waals surface area contributed by atoms with E-state index in [2.05, 4.69) is 21.2 Å². The van der Waals surface area contributed by atoms with Gasteiger partial charge in [-0.05, 0) is 84.2 Å². The van der Waals surface area contributed by atoms with Gasteiger partial charge in [0.1, 0.15) is 24.2 Å². The highest BCUT2D eigenvalue weighted by Crippen LogP contribution is 2.31. The van der Waals surface area contributed by atoms with Gasteiger partial charge in [0.25, 0.3) is 10.0 Å². The first-order chi connectivity index (χ1) is 19.5. The van der Waals surface area contributed by atoms with Crippen molar-refractivity contribution >= 4 is 43.5 Å². The number of halogens is 2. The highest BCUT2D eigenvalue weighted by molar-refractivity contribution is 9.10. The van der Waals surface area contributed by atoms with Crippen LogP contribution in [0.2, 0.25) is 0 Å². The zero-order chi connectivity index (χ0) is 30.2. The lowest BCUT2D eigenvalue weighted by Gasteiger charge is -2.32. The number of carbonyl (C=O) groups is 2. The molecule has 0 saturated carbocycles. The summed E-state index contributed by atoms with van der Waals surface area (Å²) in [5, 5.41) is 2.84. The van der Waals surface area contributed by atoms with Crippen molar-refractivity contribution in [2.45, 2.75) is 51.1 Å². The SMILES string of the molecule is CCCCNC(=O)C(C)N(Cc1ccc(F)cc1)C(=O)CN(c1ccc(C)cc1)S(=O)(=O)c1ccc(OC)c(Br)c1. The first-order valence-corrected chi connectivity index (χ1v) is 15.5. The van der Waals surface area contributed by atoms with Crippen LogP contribution in [0.4, 0.5) is 10.1 Å². The predicted molar refractivity (Wildman–Crippen MR) is 161 cm³/mol. The van der Waals surface area contributed by atoms with Gasteiger partial charge in [-0.1, -0.05) is 43.2 Å². The van der Waals surface area contributed by atoms with Crippen LogP contribution in [0.25, 0.3) is 0 Å². The van der Waals surface area contributed by atoms with Crippen LogP contribution in [0.5, 0.6) is 5.75 Å². The minimum atomic E-state index is -4.23. The summed E-state index contributed by atoms with van der Waals surface area (Å²) in [6, 6.07) is 15.8. The molecule has 41 heavy (non-hydrogen) atoms. The third-order valence-corrected chi connectivity index (χ3v) is 8.96. The number of ether oxygens (including phenoxy) is 1. The second-order valence-electron chi connectivity index (χ2n) is 9.61. The molecular formula is C30H35BrFN3O5S. The summed E-state index contributed by atoms with van der Waals surface area (Å²) < 4.78 is 48.2. The molecule has 3 rings (SSSR count). The van der Waals surface area contributed by atoms with Gasteiger partial charge in [-0.2, -0.15) is 0 Å². The Balaban J connectivity index is 2.01. The van der Waals surface area contributed by atoms with Gasteiger partial charge in [0, 0.05) is 13.1 Å². The molecule has 1 atom stereocenters. The van der Waals surface area contributed by atoms with E-state index in [1.54, 1.807) is 31.2 Å². The first-order valence-electron chi connectivity index (χ1n) is 13.2. The lowest BCUT2D eigenvalue weighted by atomic mass is 10.1. The van der Waals surface area contributed by atoms with Crippen molar-refractivity contribution in [1.82, 2.24) is 10.2 Å². The molecule has 3 aromatic rings. The van der Waals surface area contributed by atoms with E-state index in [1.807, 2.05) is 13.8 Å². The summed E-state index contributed by atoms with van der Waals surface area (Å²) in [4.78, 5) is 28.2. The van der Waals surface area contributed by atoms with E-state index in [9.17, 15) is 22.4 Å². The molecule has 0 radical (unpaired) electrons. The van der Waals surface area contributed by atoms with E-state index in [0.29, 0.717) is 22.3 Å².